The Hall–Kier alpha value is -1.22. The third-order valence-electron chi connectivity index (χ3n) is 5.31. The van der Waals surface area contributed by atoms with Crippen molar-refractivity contribution in [2.24, 2.45) is 17.6 Å². The van der Waals surface area contributed by atoms with Crippen LogP contribution in [0.4, 0.5) is 0 Å². The Morgan fingerprint density at radius 2 is 1.58 bits per heavy atom. The molecule has 0 spiro atoms. The molecular formula is C18H34N4O4. The summed E-state index contributed by atoms with van der Waals surface area (Å²) in [5, 5.41) is 5.95. The fraction of sp³-hybridized carbons (Fsp3) is 0.889. The molecule has 1 saturated heterocycles. The van der Waals surface area contributed by atoms with Crippen molar-refractivity contribution in [2.75, 3.05) is 59.7 Å². The Morgan fingerprint density at radius 3 is 2.15 bits per heavy atom. The second-order valence-electron chi connectivity index (χ2n) is 7.18. The summed E-state index contributed by atoms with van der Waals surface area (Å²) in [6, 6.07) is 0.501. The smallest absolute Gasteiger partial charge is 0.225 e. The van der Waals surface area contributed by atoms with Crippen molar-refractivity contribution in [1.29, 1.82) is 0 Å². The molecule has 4 N–H and O–H groups in total. The van der Waals surface area contributed by atoms with Gasteiger partial charge in [0.25, 0.3) is 0 Å². The predicted octanol–water partition coefficient (Wildman–Crippen LogP) is -0.669. The van der Waals surface area contributed by atoms with E-state index in [9.17, 15) is 9.59 Å². The van der Waals surface area contributed by atoms with Crippen LogP contribution < -0.4 is 16.4 Å². The summed E-state index contributed by atoms with van der Waals surface area (Å²) in [6.45, 7) is 5.32. The largest absolute Gasteiger partial charge is 0.378 e. The molecule has 0 unspecified atom stereocenters. The molecule has 0 aromatic rings. The van der Waals surface area contributed by atoms with Gasteiger partial charge < -0.3 is 25.8 Å². The summed E-state index contributed by atoms with van der Waals surface area (Å²) >= 11 is 0. The van der Waals surface area contributed by atoms with Crippen LogP contribution in [-0.4, -0.2) is 82.4 Å². The van der Waals surface area contributed by atoms with E-state index >= 15 is 0 Å². The number of carbonyl (C=O) groups excluding carboxylic acids is 2. The summed E-state index contributed by atoms with van der Waals surface area (Å²) in [4.78, 5) is 25.7. The molecule has 2 aliphatic rings. The first-order chi connectivity index (χ1) is 12.6. The number of primary amides is 1. The van der Waals surface area contributed by atoms with Gasteiger partial charge in [0.05, 0.1) is 32.3 Å². The second kappa shape index (κ2) is 11.5. The van der Waals surface area contributed by atoms with Crippen LogP contribution in [0.15, 0.2) is 0 Å². The third kappa shape index (κ3) is 6.83. The average molecular weight is 370 g/mol. The van der Waals surface area contributed by atoms with E-state index in [-0.39, 0.29) is 23.7 Å². The molecule has 0 aromatic heterocycles. The molecule has 2 amide bonds. The normalized spacial score (nSPS) is 24.2. The number of rotatable bonds is 12. The Balaban J connectivity index is 1.45. The zero-order chi connectivity index (χ0) is 18.8. The van der Waals surface area contributed by atoms with Crippen LogP contribution in [-0.2, 0) is 19.1 Å². The van der Waals surface area contributed by atoms with E-state index in [0.29, 0.717) is 39.0 Å². The highest BCUT2D eigenvalue weighted by Gasteiger charge is 2.38. The van der Waals surface area contributed by atoms with Gasteiger partial charge in [-0.1, -0.05) is 0 Å². The lowest BCUT2D eigenvalue weighted by Gasteiger charge is -2.45. The molecule has 0 bridgehead atoms. The predicted molar refractivity (Wildman–Crippen MR) is 98.6 cm³/mol. The minimum Gasteiger partial charge on any atom is -0.378 e. The van der Waals surface area contributed by atoms with Gasteiger partial charge in [-0.2, -0.15) is 0 Å². The van der Waals surface area contributed by atoms with Crippen molar-refractivity contribution in [2.45, 2.75) is 31.7 Å². The van der Waals surface area contributed by atoms with Crippen LogP contribution >= 0.6 is 0 Å². The Kier molecular flexibility index (Phi) is 9.31. The number of likely N-dealkylation sites (N-methyl/N-ethyl adjacent to an activating group) is 1. The fourth-order valence-electron chi connectivity index (χ4n) is 3.59. The first-order valence-corrected chi connectivity index (χ1v) is 9.73. The number of likely N-dealkylation sites (tertiary alicyclic amines) is 1. The van der Waals surface area contributed by atoms with Crippen LogP contribution in [0.3, 0.4) is 0 Å². The first kappa shape index (κ1) is 21.1. The highest BCUT2D eigenvalue weighted by atomic mass is 16.5. The van der Waals surface area contributed by atoms with E-state index < -0.39 is 0 Å². The second-order valence-corrected chi connectivity index (χ2v) is 7.18. The van der Waals surface area contributed by atoms with Gasteiger partial charge in [0.1, 0.15) is 0 Å². The number of nitrogens with zero attached hydrogens (tertiary/aromatic N) is 1. The highest BCUT2D eigenvalue weighted by Crippen LogP contribution is 2.31. The lowest BCUT2D eigenvalue weighted by atomic mass is 9.82. The summed E-state index contributed by atoms with van der Waals surface area (Å²) < 4.78 is 10.8. The maximum Gasteiger partial charge on any atom is 0.225 e. The fourth-order valence-corrected chi connectivity index (χ4v) is 3.59. The van der Waals surface area contributed by atoms with Gasteiger partial charge in [0, 0.05) is 38.1 Å². The zero-order valence-corrected chi connectivity index (χ0v) is 15.9. The van der Waals surface area contributed by atoms with Crippen molar-refractivity contribution in [3.8, 4) is 0 Å². The summed E-state index contributed by atoms with van der Waals surface area (Å²) in [5.41, 5.74) is 5.38. The van der Waals surface area contributed by atoms with Gasteiger partial charge in [0.15, 0.2) is 0 Å². The van der Waals surface area contributed by atoms with Crippen LogP contribution in [0.1, 0.15) is 25.7 Å². The van der Waals surface area contributed by atoms with Crippen molar-refractivity contribution in [3.63, 3.8) is 0 Å². The molecule has 0 radical (unpaired) electrons. The minimum atomic E-state index is -0.170. The molecular weight excluding hydrogens is 336 g/mol. The molecule has 1 aliphatic carbocycles. The number of hydrogen-bond acceptors (Lipinski definition) is 6. The van der Waals surface area contributed by atoms with Crippen LogP contribution in [0, 0.1) is 11.8 Å². The maximum atomic E-state index is 12.1. The third-order valence-corrected chi connectivity index (χ3v) is 5.31. The van der Waals surface area contributed by atoms with E-state index in [4.69, 9.17) is 15.2 Å². The average Bonchev–Trinajstić information content (AvgIpc) is 2.59. The lowest BCUT2D eigenvalue weighted by molar-refractivity contribution is -0.132. The zero-order valence-electron chi connectivity index (χ0n) is 15.9. The van der Waals surface area contributed by atoms with E-state index in [1.807, 2.05) is 7.05 Å². The minimum absolute atomic E-state index is 0.0420. The summed E-state index contributed by atoms with van der Waals surface area (Å²) in [5.74, 6) is 0.0612. The SMILES string of the molecule is CNCCOCCOCCNC(=O)C1CN(C2CCC(C(N)=O)CC2)C1. The quantitative estimate of drug-likeness (QED) is 0.394. The summed E-state index contributed by atoms with van der Waals surface area (Å²) in [7, 11) is 1.89. The number of amides is 2. The molecule has 8 heteroatoms. The summed E-state index contributed by atoms with van der Waals surface area (Å²) in [6.07, 6.45) is 3.77. The molecule has 150 valence electrons. The van der Waals surface area contributed by atoms with E-state index in [2.05, 4.69) is 15.5 Å². The van der Waals surface area contributed by atoms with Gasteiger partial charge in [-0.15, -0.1) is 0 Å². The number of hydrogen-bond donors (Lipinski definition) is 3. The molecule has 2 fully saturated rings. The molecule has 0 aromatic carbocycles. The first-order valence-electron chi connectivity index (χ1n) is 9.73. The number of nitrogens with two attached hydrogens (primary N) is 1. The molecule has 1 heterocycles. The molecule has 1 aliphatic heterocycles. The van der Waals surface area contributed by atoms with Crippen molar-refractivity contribution in [3.05, 3.63) is 0 Å². The van der Waals surface area contributed by atoms with Crippen molar-refractivity contribution >= 4 is 11.8 Å². The van der Waals surface area contributed by atoms with E-state index in [1.165, 1.54) is 0 Å². The van der Waals surface area contributed by atoms with Crippen molar-refractivity contribution in [1.82, 2.24) is 15.5 Å². The van der Waals surface area contributed by atoms with Gasteiger partial charge in [-0.05, 0) is 32.7 Å². The monoisotopic (exact) mass is 370 g/mol. The van der Waals surface area contributed by atoms with Gasteiger partial charge in [0.2, 0.25) is 11.8 Å². The molecule has 26 heavy (non-hydrogen) atoms. The molecule has 0 atom stereocenters. The van der Waals surface area contributed by atoms with Gasteiger partial charge >= 0.3 is 0 Å². The van der Waals surface area contributed by atoms with Crippen LogP contribution in [0.25, 0.3) is 0 Å². The maximum absolute atomic E-state index is 12.1. The van der Waals surface area contributed by atoms with Crippen LogP contribution in [0.5, 0.6) is 0 Å². The standard InChI is InChI=1S/C18H34N4O4/c1-20-6-8-25-10-11-26-9-7-21-18(24)15-12-22(13-15)16-4-2-14(3-5-16)17(19)23/h14-16,20H,2-13H2,1H3,(H2,19,23)(H,21,24). The van der Waals surface area contributed by atoms with Crippen molar-refractivity contribution < 1.29 is 19.1 Å². The topological polar surface area (TPSA) is 106 Å². The molecule has 1 saturated carbocycles. The lowest BCUT2D eigenvalue weighted by Crippen LogP contribution is -2.58. The number of nitrogens with one attached hydrogen (secondary N) is 2. The van der Waals surface area contributed by atoms with Gasteiger partial charge in [-0.3, -0.25) is 14.5 Å². The van der Waals surface area contributed by atoms with E-state index in [1.54, 1.807) is 0 Å². The molecule has 8 nitrogen and oxygen atoms in total. The Bertz CT molecular complexity index is 435. The molecule has 2 rings (SSSR count). The van der Waals surface area contributed by atoms with Gasteiger partial charge in [-0.25, -0.2) is 0 Å². The Labute approximate surface area is 156 Å². The Morgan fingerprint density at radius 1 is 0.962 bits per heavy atom. The highest BCUT2D eigenvalue weighted by molar-refractivity contribution is 5.80. The van der Waals surface area contributed by atoms with E-state index in [0.717, 1.165) is 45.3 Å². The number of carbonyl (C=O) groups is 2. The number of ether oxygens (including phenoxy) is 2. The van der Waals surface area contributed by atoms with Crippen LogP contribution in [0.2, 0.25) is 0 Å².